The highest BCUT2D eigenvalue weighted by Crippen LogP contribution is 2.32. The molecule has 4 N–H and O–H groups in total. The molecule has 1 aliphatic rings. The molecule has 0 radical (unpaired) electrons. The number of aliphatic hydroxyl groups excluding tert-OH is 1. The Hall–Kier alpha value is -3.57. The summed E-state index contributed by atoms with van der Waals surface area (Å²) in [5.74, 6) is 2.72. The maximum Gasteiger partial charge on any atom is 0.259 e. The van der Waals surface area contributed by atoms with Crippen LogP contribution in [0.3, 0.4) is 0 Å². The molecule has 3 aromatic heterocycles. The van der Waals surface area contributed by atoms with E-state index in [-0.39, 0.29) is 12.1 Å². The van der Waals surface area contributed by atoms with Crippen LogP contribution in [0.5, 0.6) is 0 Å². The largest absolute Gasteiger partial charge is 0.415 e. The monoisotopic (exact) mass is 464 g/mol. The van der Waals surface area contributed by atoms with Gasteiger partial charge in [0.25, 0.3) is 5.89 Å². The summed E-state index contributed by atoms with van der Waals surface area (Å²) in [4.78, 5) is 14.3. The Kier molecular flexibility index (Phi) is 6.13. The normalized spacial score (nSPS) is 18.1. The minimum atomic E-state index is -0.202. The summed E-state index contributed by atoms with van der Waals surface area (Å²) in [7, 11) is 1.81. The predicted octanol–water partition coefficient (Wildman–Crippen LogP) is 4.15. The molecule has 3 heterocycles. The zero-order valence-electron chi connectivity index (χ0n) is 18.0. The molecule has 4 aromatic rings. The summed E-state index contributed by atoms with van der Waals surface area (Å²) in [5, 5.41) is 28.4. The molecule has 0 saturated heterocycles. The minimum absolute atomic E-state index is 0.202. The second-order valence-corrected chi connectivity index (χ2v) is 8.83. The zero-order valence-corrected chi connectivity index (χ0v) is 18.8. The standard InChI is InChI=1S/C22H24N8O2S/c1-23-17-11-18(27-21(26-17)25-14-7-9-15(31)10-8-14)28-22-24-12-16(33-22)20-30-29-19(32-20)13-5-3-2-4-6-13/h2-6,11-12,14-15,31H,7-10H2,1H3,(H3,23,24,25,26,27,28). The average Bonchev–Trinajstić information content (AvgIpc) is 3.51. The van der Waals surface area contributed by atoms with Gasteiger partial charge >= 0.3 is 0 Å². The Morgan fingerprint density at radius 3 is 2.55 bits per heavy atom. The predicted molar refractivity (Wildman–Crippen MR) is 128 cm³/mol. The first-order chi connectivity index (χ1) is 16.2. The topological polar surface area (TPSA) is 134 Å². The molecule has 1 aromatic carbocycles. The third-order valence-corrected chi connectivity index (χ3v) is 6.31. The van der Waals surface area contributed by atoms with Gasteiger partial charge < -0.3 is 25.5 Å². The van der Waals surface area contributed by atoms with E-state index >= 15 is 0 Å². The minimum Gasteiger partial charge on any atom is -0.415 e. The fraction of sp³-hybridized carbons (Fsp3) is 0.318. The first-order valence-electron chi connectivity index (χ1n) is 10.8. The van der Waals surface area contributed by atoms with Crippen molar-refractivity contribution in [3.63, 3.8) is 0 Å². The van der Waals surface area contributed by atoms with Gasteiger partial charge in [0, 0.05) is 24.7 Å². The van der Waals surface area contributed by atoms with E-state index in [0.29, 0.717) is 34.5 Å². The van der Waals surface area contributed by atoms with Crippen LogP contribution in [0.4, 0.5) is 22.7 Å². The van der Waals surface area contributed by atoms with E-state index in [9.17, 15) is 5.11 Å². The third kappa shape index (κ3) is 5.10. The fourth-order valence-corrected chi connectivity index (χ4v) is 4.41. The smallest absolute Gasteiger partial charge is 0.259 e. The van der Waals surface area contributed by atoms with E-state index in [1.165, 1.54) is 11.3 Å². The van der Waals surface area contributed by atoms with Gasteiger partial charge in [0.05, 0.1) is 12.3 Å². The molecule has 1 saturated carbocycles. The van der Waals surface area contributed by atoms with Crippen LogP contribution >= 0.6 is 11.3 Å². The summed E-state index contributed by atoms with van der Waals surface area (Å²) in [6.07, 6.45) is 4.86. The van der Waals surface area contributed by atoms with Gasteiger partial charge in [-0.25, -0.2) is 4.98 Å². The van der Waals surface area contributed by atoms with E-state index in [2.05, 4.69) is 41.1 Å². The van der Waals surface area contributed by atoms with Crippen LogP contribution in [0.25, 0.3) is 22.2 Å². The lowest BCUT2D eigenvalue weighted by atomic mass is 9.93. The van der Waals surface area contributed by atoms with E-state index in [1.54, 1.807) is 6.20 Å². The molecule has 0 aliphatic heterocycles. The van der Waals surface area contributed by atoms with Crippen LogP contribution in [0.1, 0.15) is 25.7 Å². The van der Waals surface area contributed by atoms with Crippen molar-refractivity contribution >= 4 is 34.1 Å². The van der Waals surface area contributed by atoms with Gasteiger partial charge in [-0.2, -0.15) is 9.97 Å². The number of aliphatic hydroxyl groups is 1. The molecule has 0 spiro atoms. The number of benzene rings is 1. The Balaban J connectivity index is 1.30. The summed E-state index contributed by atoms with van der Waals surface area (Å²) in [6, 6.07) is 11.7. The molecule has 170 valence electrons. The molecule has 10 nitrogen and oxygen atoms in total. The van der Waals surface area contributed by atoms with E-state index in [1.807, 2.05) is 43.4 Å². The van der Waals surface area contributed by atoms with E-state index < -0.39 is 0 Å². The Morgan fingerprint density at radius 2 is 1.76 bits per heavy atom. The zero-order chi connectivity index (χ0) is 22.6. The lowest BCUT2D eigenvalue weighted by molar-refractivity contribution is 0.126. The lowest BCUT2D eigenvalue weighted by Crippen LogP contribution is -2.29. The highest BCUT2D eigenvalue weighted by atomic mass is 32.1. The maximum absolute atomic E-state index is 9.73. The van der Waals surface area contributed by atoms with Crippen molar-refractivity contribution in [3.8, 4) is 22.2 Å². The number of anilines is 4. The Morgan fingerprint density at radius 1 is 1.00 bits per heavy atom. The van der Waals surface area contributed by atoms with E-state index in [4.69, 9.17) is 4.42 Å². The molecule has 11 heteroatoms. The molecule has 1 aliphatic carbocycles. The first-order valence-corrected chi connectivity index (χ1v) is 11.6. The van der Waals surface area contributed by atoms with Gasteiger partial charge in [-0.05, 0) is 37.8 Å². The average molecular weight is 465 g/mol. The van der Waals surface area contributed by atoms with Crippen LogP contribution in [-0.4, -0.2) is 49.4 Å². The molecule has 0 atom stereocenters. The number of hydrogen-bond donors (Lipinski definition) is 4. The molecule has 0 unspecified atom stereocenters. The van der Waals surface area contributed by atoms with Gasteiger partial charge in [-0.3, -0.25) is 0 Å². The van der Waals surface area contributed by atoms with Gasteiger partial charge in [-0.1, -0.05) is 29.5 Å². The number of aromatic nitrogens is 5. The lowest BCUT2D eigenvalue weighted by Gasteiger charge is -2.26. The van der Waals surface area contributed by atoms with Crippen molar-refractivity contribution in [2.24, 2.45) is 0 Å². The molecular formula is C22H24N8O2S. The molecule has 0 bridgehead atoms. The van der Waals surface area contributed by atoms with E-state index in [0.717, 1.165) is 36.1 Å². The quantitative estimate of drug-likeness (QED) is 0.316. The van der Waals surface area contributed by atoms with Gasteiger partial charge in [0.2, 0.25) is 11.8 Å². The summed E-state index contributed by atoms with van der Waals surface area (Å²) in [5.41, 5.74) is 0.868. The maximum atomic E-state index is 9.73. The highest BCUT2D eigenvalue weighted by Gasteiger charge is 2.20. The van der Waals surface area contributed by atoms with Crippen LogP contribution in [-0.2, 0) is 0 Å². The number of nitrogens with zero attached hydrogens (tertiary/aromatic N) is 5. The first kappa shape index (κ1) is 21.3. The summed E-state index contributed by atoms with van der Waals surface area (Å²) >= 11 is 1.40. The Labute approximate surface area is 194 Å². The van der Waals surface area contributed by atoms with Crippen molar-refractivity contribution in [1.82, 2.24) is 25.1 Å². The van der Waals surface area contributed by atoms with Gasteiger partial charge in [0.15, 0.2) is 5.13 Å². The van der Waals surface area contributed by atoms with Crippen molar-refractivity contribution in [3.05, 3.63) is 42.6 Å². The Bertz CT molecular complexity index is 1200. The summed E-state index contributed by atoms with van der Waals surface area (Å²) < 4.78 is 5.82. The van der Waals surface area contributed by atoms with Crippen molar-refractivity contribution < 1.29 is 9.52 Å². The van der Waals surface area contributed by atoms with Gasteiger partial charge in [-0.15, -0.1) is 10.2 Å². The number of nitrogens with one attached hydrogen (secondary N) is 3. The third-order valence-electron chi connectivity index (χ3n) is 5.41. The number of thiazole rings is 1. The molecule has 0 amide bonds. The molecule has 1 fully saturated rings. The van der Waals surface area contributed by atoms with Gasteiger partial charge in [0.1, 0.15) is 16.5 Å². The second-order valence-electron chi connectivity index (χ2n) is 7.79. The second kappa shape index (κ2) is 9.51. The van der Waals surface area contributed by atoms with Crippen molar-refractivity contribution in [2.45, 2.75) is 37.8 Å². The number of hydrogen-bond acceptors (Lipinski definition) is 11. The molecular weight excluding hydrogens is 440 g/mol. The highest BCUT2D eigenvalue weighted by molar-refractivity contribution is 7.18. The molecule has 33 heavy (non-hydrogen) atoms. The van der Waals surface area contributed by atoms with Crippen LogP contribution < -0.4 is 16.0 Å². The molecule has 5 rings (SSSR count). The van der Waals surface area contributed by atoms with Crippen molar-refractivity contribution in [1.29, 1.82) is 0 Å². The van der Waals surface area contributed by atoms with Crippen LogP contribution in [0, 0.1) is 0 Å². The van der Waals surface area contributed by atoms with Crippen LogP contribution in [0.2, 0.25) is 0 Å². The summed E-state index contributed by atoms with van der Waals surface area (Å²) in [6.45, 7) is 0. The van der Waals surface area contributed by atoms with Crippen LogP contribution in [0.15, 0.2) is 47.0 Å². The fourth-order valence-electron chi connectivity index (χ4n) is 3.67. The number of rotatable bonds is 7. The van der Waals surface area contributed by atoms with Crippen molar-refractivity contribution in [2.75, 3.05) is 23.0 Å². The SMILES string of the molecule is CNc1cc(Nc2ncc(-c3nnc(-c4ccccc4)o3)s2)nc(NC2CCC(O)CC2)n1.